The van der Waals surface area contributed by atoms with Crippen LogP contribution in [-0.4, -0.2) is 54.7 Å². The zero-order valence-corrected chi connectivity index (χ0v) is 16.9. The molecule has 1 aliphatic heterocycles. The van der Waals surface area contributed by atoms with Crippen molar-refractivity contribution in [1.29, 1.82) is 0 Å². The molecule has 4 rings (SSSR count). The van der Waals surface area contributed by atoms with Gasteiger partial charge in [0.1, 0.15) is 0 Å². The van der Waals surface area contributed by atoms with E-state index in [2.05, 4.69) is 25.5 Å². The van der Waals surface area contributed by atoms with Crippen LogP contribution >= 0.6 is 0 Å². The number of aryl methyl sites for hydroxylation is 1. The molecule has 8 nitrogen and oxygen atoms in total. The molecule has 1 aliphatic rings. The Balaban J connectivity index is 1.66. The third-order valence-corrected chi connectivity index (χ3v) is 5.11. The van der Waals surface area contributed by atoms with Gasteiger partial charge in [0.15, 0.2) is 11.5 Å². The van der Waals surface area contributed by atoms with Crippen molar-refractivity contribution >= 4 is 34.8 Å². The number of aliphatic imine (C=N–C) groups is 1. The van der Waals surface area contributed by atoms with Gasteiger partial charge in [-0.2, -0.15) is 0 Å². The standard InChI is InChI=1S/C21H24FN7O/c1-13-11-29-12-14(9-17(22)20(29)26-13)27-21(30)15-3-4-18(16(10-24-2)19(15)23)28-7-5-25-6-8-28/h3-4,9-12,25H,5-8,23H2,1-2H3,(H,27,30). The normalized spacial score (nSPS) is 14.6. The lowest BCUT2D eigenvalue weighted by atomic mass is 10.0. The number of nitrogens with zero attached hydrogens (tertiary/aromatic N) is 4. The first kappa shape index (κ1) is 19.8. The highest BCUT2D eigenvalue weighted by molar-refractivity contribution is 6.11. The largest absolute Gasteiger partial charge is 0.397 e. The van der Waals surface area contributed by atoms with Crippen LogP contribution in [0.1, 0.15) is 21.6 Å². The van der Waals surface area contributed by atoms with E-state index in [0.717, 1.165) is 31.9 Å². The van der Waals surface area contributed by atoms with Gasteiger partial charge in [0.2, 0.25) is 0 Å². The maximum absolute atomic E-state index is 14.3. The summed E-state index contributed by atoms with van der Waals surface area (Å²) in [5.41, 5.74) is 9.90. The predicted molar refractivity (Wildman–Crippen MR) is 117 cm³/mol. The van der Waals surface area contributed by atoms with Crippen LogP contribution in [0, 0.1) is 12.7 Å². The quantitative estimate of drug-likeness (QED) is 0.453. The third-order valence-electron chi connectivity index (χ3n) is 5.11. The van der Waals surface area contributed by atoms with Gasteiger partial charge in [-0.3, -0.25) is 9.79 Å². The summed E-state index contributed by atoms with van der Waals surface area (Å²) in [6.45, 7) is 5.24. The number of nitrogens with two attached hydrogens (primary N) is 1. The molecule has 1 aromatic carbocycles. The molecule has 156 valence electrons. The van der Waals surface area contributed by atoms with Crippen LogP contribution in [0.3, 0.4) is 0 Å². The zero-order valence-electron chi connectivity index (χ0n) is 16.9. The number of carbonyl (C=O) groups is 1. The van der Waals surface area contributed by atoms with E-state index in [1.54, 1.807) is 43.0 Å². The lowest BCUT2D eigenvalue weighted by molar-refractivity contribution is 0.102. The van der Waals surface area contributed by atoms with Crippen molar-refractivity contribution in [2.45, 2.75) is 6.92 Å². The Kier molecular flexibility index (Phi) is 5.37. The van der Waals surface area contributed by atoms with Crippen LogP contribution < -0.4 is 21.3 Å². The van der Waals surface area contributed by atoms with Gasteiger partial charge in [0.05, 0.1) is 22.6 Å². The summed E-state index contributed by atoms with van der Waals surface area (Å²) in [5, 5.41) is 6.05. The number of nitrogens with one attached hydrogen (secondary N) is 2. The first-order chi connectivity index (χ1) is 14.5. The van der Waals surface area contributed by atoms with Crippen molar-refractivity contribution in [1.82, 2.24) is 14.7 Å². The zero-order chi connectivity index (χ0) is 21.3. The van der Waals surface area contributed by atoms with Crippen molar-refractivity contribution in [2.24, 2.45) is 4.99 Å². The number of pyridine rings is 1. The molecule has 2 aromatic heterocycles. The highest BCUT2D eigenvalue weighted by Crippen LogP contribution is 2.29. The lowest BCUT2D eigenvalue weighted by Crippen LogP contribution is -2.44. The highest BCUT2D eigenvalue weighted by Gasteiger charge is 2.20. The molecule has 0 radical (unpaired) electrons. The maximum atomic E-state index is 14.3. The van der Waals surface area contributed by atoms with E-state index in [0.29, 0.717) is 28.2 Å². The van der Waals surface area contributed by atoms with Crippen LogP contribution in [-0.2, 0) is 0 Å². The summed E-state index contributed by atoms with van der Waals surface area (Å²) in [6.07, 6.45) is 4.99. The summed E-state index contributed by atoms with van der Waals surface area (Å²) in [4.78, 5) is 23.4. The van der Waals surface area contributed by atoms with Crippen LogP contribution in [0.5, 0.6) is 0 Å². The smallest absolute Gasteiger partial charge is 0.257 e. The monoisotopic (exact) mass is 409 g/mol. The van der Waals surface area contributed by atoms with Gasteiger partial charge in [-0.05, 0) is 19.1 Å². The third kappa shape index (κ3) is 3.71. The Morgan fingerprint density at radius 1 is 1.33 bits per heavy atom. The molecule has 0 unspecified atom stereocenters. The van der Waals surface area contributed by atoms with Crippen LogP contribution in [0.25, 0.3) is 5.65 Å². The van der Waals surface area contributed by atoms with E-state index < -0.39 is 11.7 Å². The molecule has 0 atom stereocenters. The first-order valence-electron chi connectivity index (χ1n) is 9.74. The summed E-state index contributed by atoms with van der Waals surface area (Å²) in [7, 11) is 1.67. The van der Waals surface area contributed by atoms with Gasteiger partial charge in [-0.25, -0.2) is 9.37 Å². The Morgan fingerprint density at radius 3 is 2.83 bits per heavy atom. The number of piperazine rings is 1. The van der Waals surface area contributed by atoms with Crippen LogP contribution in [0.2, 0.25) is 0 Å². The van der Waals surface area contributed by atoms with Crippen molar-refractivity contribution in [3.63, 3.8) is 0 Å². The van der Waals surface area contributed by atoms with Gasteiger partial charge in [-0.1, -0.05) is 0 Å². The van der Waals surface area contributed by atoms with Crippen LogP contribution in [0.15, 0.2) is 35.6 Å². The number of halogens is 1. The molecule has 3 aromatic rings. The molecule has 30 heavy (non-hydrogen) atoms. The van der Waals surface area contributed by atoms with E-state index >= 15 is 0 Å². The summed E-state index contributed by atoms with van der Waals surface area (Å²) in [6, 6.07) is 4.83. The number of nitrogen functional groups attached to an aromatic ring is 1. The second kappa shape index (κ2) is 8.11. The number of imidazole rings is 1. The molecule has 3 heterocycles. The van der Waals surface area contributed by atoms with E-state index in [1.807, 2.05) is 6.07 Å². The van der Waals surface area contributed by atoms with Crippen LogP contribution in [0.4, 0.5) is 21.5 Å². The second-order valence-corrected chi connectivity index (χ2v) is 7.23. The molecule has 0 spiro atoms. The van der Waals surface area contributed by atoms with Gasteiger partial charge in [0.25, 0.3) is 5.91 Å². The molecule has 0 bridgehead atoms. The summed E-state index contributed by atoms with van der Waals surface area (Å²) < 4.78 is 15.9. The maximum Gasteiger partial charge on any atom is 0.257 e. The van der Waals surface area contributed by atoms with Gasteiger partial charge >= 0.3 is 0 Å². The number of hydrogen-bond donors (Lipinski definition) is 3. The Bertz CT molecular complexity index is 1130. The molecule has 0 saturated carbocycles. The minimum Gasteiger partial charge on any atom is -0.397 e. The number of benzene rings is 1. The van der Waals surface area contributed by atoms with E-state index in [4.69, 9.17) is 5.73 Å². The lowest BCUT2D eigenvalue weighted by Gasteiger charge is -2.31. The molecule has 1 saturated heterocycles. The summed E-state index contributed by atoms with van der Waals surface area (Å²) >= 11 is 0. The van der Waals surface area contributed by atoms with Gasteiger partial charge in [0, 0.05) is 69.2 Å². The highest BCUT2D eigenvalue weighted by atomic mass is 19.1. The second-order valence-electron chi connectivity index (χ2n) is 7.23. The fourth-order valence-corrected chi connectivity index (χ4v) is 3.72. The Labute approximate surface area is 173 Å². The molecule has 4 N–H and O–H groups in total. The molecular formula is C21H24FN7O. The fourth-order valence-electron chi connectivity index (χ4n) is 3.72. The average Bonchev–Trinajstić information content (AvgIpc) is 3.11. The number of carbonyl (C=O) groups excluding carboxylic acids is 1. The number of rotatable bonds is 4. The molecule has 1 fully saturated rings. The minimum atomic E-state index is -0.512. The summed E-state index contributed by atoms with van der Waals surface area (Å²) in [5.74, 6) is -0.928. The van der Waals surface area contributed by atoms with Crippen molar-refractivity contribution in [2.75, 3.05) is 49.2 Å². The topological polar surface area (TPSA) is 100 Å². The molecule has 0 aliphatic carbocycles. The molecular weight excluding hydrogens is 385 g/mol. The number of hydrogen-bond acceptors (Lipinski definition) is 6. The number of anilines is 3. The molecule has 9 heteroatoms. The number of amides is 1. The Hall–Kier alpha value is -3.46. The minimum absolute atomic E-state index is 0.215. The van der Waals surface area contributed by atoms with E-state index in [9.17, 15) is 9.18 Å². The molecule has 1 amide bonds. The number of aromatic nitrogens is 2. The number of fused-ring (bicyclic) bond motifs is 1. The van der Waals surface area contributed by atoms with Gasteiger partial charge < -0.3 is 25.7 Å². The van der Waals surface area contributed by atoms with E-state index in [-0.39, 0.29) is 5.65 Å². The fraction of sp³-hybridized carbons (Fsp3) is 0.286. The first-order valence-corrected chi connectivity index (χ1v) is 9.74. The SMILES string of the molecule is CN=Cc1c(N2CCNCC2)ccc(C(=O)Nc2cc(F)c3nc(C)cn3c2)c1N. The van der Waals surface area contributed by atoms with E-state index in [1.165, 1.54) is 6.07 Å². The van der Waals surface area contributed by atoms with Crippen molar-refractivity contribution < 1.29 is 9.18 Å². The Morgan fingerprint density at radius 2 is 2.10 bits per heavy atom. The van der Waals surface area contributed by atoms with Gasteiger partial charge in [-0.15, -0.1) is 0 Å². The van der Waals surface area contributed by atoms with Crippen molar-refractivity contribution in [3.05, 3.63) is 53.2 Å². The predicted octanol–water partition coefficient (Wildman–Crippen LogP) is 2.07. The average molecular weight is 409 g/mol. The van der Waals surface area contributed by atoms with Crippen molar-refractivity contribution in [3.8, 4) is 0 Å².